The highest BCUT2D eigenvalue weighted by Crippen LogP contribution is 2.25. The Labute approximate surface area is 105 Å². The van der Waals surface area contributed by atoms with Crippen LogP contribution in [0, 0.1) is 0 Å². The lowest BCUT2D eigenvalue weighted by Gasteiger charge is -2.20. The maximum Gasteiger partial charge on any atom is 0.326 e. The molecule has 0 aliphatic carbocycles. The normalized spacial score (nSPS) is 24.0. The second-order valence-electron chi connectivity index (χ2n) is 3.81. The van der Waals surface area contributed by atoms with E-state index in [4.69, 9.17) is 9.52 Å². The van der Waals surface area contributed by atoms with E-state index in [1.54, 1.807) is 0 Å². The highest BCUT2D eigenvalue weighted by Gasteiger charge is 2.39. The fourth-order valence-corrected chi connectivity index (χ4v) is 2.28. The van der Waals surface area contributed by atoms with Crippen molar-refractivity contribution in [3.63, 3.8) is 0 Å². The highest BCUT2D eigenvalue weighted by molar-refractivity contribution is 9.10. The van der Waals surface area contributed by atoms with E-state index in [1.807, 2.05) is 0 Å². The molecule has 17 heavy (non-hydrogen) atoms. The van der Waals surface area contributed by atoms with Crippen molar-refractivity contribution in [2.24, 2.45) is 0 Å². The number of β-amino-alcohol motifs (C(OH)–C–C–N with tert-alkyl or cyclic N) is 1. The van der Waals surface area contributed by atoms with Crippen LogP contribution in [0.3, 0.4) is 0 Å². The number of carboxylic acids is 1. The third kappa shape index (κ3) is 2.20. The largest absolute Gasteiger partial charge is 0.480 e. The molecule has 0 radical (unpaired) electrons. The molecule has 1 aliphatic rings. The molecule has 0 spiro atoms. The molecule has 6 nitrogen and oxygen atoms in total. The first-order valence-electron chi connectivity index (χ1n) is 4.95. The third-order valence-corrected chi connectivity index (χ3v) is 3.29. The molecule has 2 atom stereocenters. The topological polar surface area (TPSA) is 91.0 Å². The number of amides is 1. The number of aliphatic hydroxyl groups is 1. The number of rotatable bonds is 2. The molecule has 1 aromatic heterocycles. The zero-order valence-electron chi connectivity index (χ0n) is 8.67. The van der Waals surface area contributed by atoms with Crippen molar-refractivity contribution in [2.75, 3.05) is 6.54 Å². The van der Waals surface area contributed by atoms with Gasteiger partial charge < -0.3 is 19.5 Å². The van der Waals surface area contributed by atoms with Gasteiger partial charge in [-0.25, -0.2) is 4.79 Å². The SMILES string of the molecule is O=C(O)[C@H]1C[C@@H](O)CN1C(=O)c1ccoc1Br. The van der Waals surface area contributed by atoms with Gasteiger partial charge in [0, 0.05) is 13.0 Å². The van der Waals surface area contributed by atoms with Crippen molar-refractivity contribution in [3.8, 4) is 0 Å². The number of aliphatic carboxylic acids is 1. The minimum absolute atomic E-state index is 0.0212. The number of halogens is 1. The maximum absolute atomic E-state index is 12.1. The first-order valence-corrected chi connectivity index (χ1v) is 5.75. The van der Waals surface area contributed by atoms with E-state index in [2.05, 4.69) is 15.9 Å². The van der Waals surface area contributed by atoms with Crippen molar-refractivity contribution in [1.29, 1.82) is 0 Å². The number of furan rings is 1. The van der Waals surface area contributed by atoms with E-state index in [-0.39, 0.29) is 23.2 Å². The predicted octanol–water partition coefficient (Wildman–Crippen LogP) is 0.702. The second kappa shape index (κ2) is 4.50. The highest BCUT2D eigenvalue weighted by atomic mass is 79.9. The lowest BCUT2D eigenvalue weighted by Crippen LogP contribution is -2.40. The van der Waals surface area contributed by atoms with Gasteiger partial charge in [-0.3, -0.25) is 4.79 Å². The summed E-state index contributed by atoms with van der Waals surface area (Å²) < 4.78 is 5.18. The van der Waals surface area contributed by atoms with Crippen LogP contribution in [0.25, 0.3) is 0 Å². The number of carbonyl (C=O) groups excluding carboxylic acids is 1. The number of hydrogen-bond donors (Lipinski definition) is 2. The number of aliphatic hydroxyl groups excluding tert-OH is 1. The molecule has 0 saturated carbocycles. The van der Waals surface area contributed by atoms with Crippen molar-refractivity contribution < 1.29 is 24.2 Å². The average molecular weight is 304 g/mol. The van der Waals surface area contributed by atoms with Crippen LogP contribution in [0.5, 0.6) is 0 Å². The zero-order chi connectivity index (χ0) is 12.6. The fourth-order valence-electron chi connectivity index (χ4n) is 1.87. The molecule has 2 heterocycles. The minimum Gasteiger partial charge on any atom is -0.480 e. The number of carboxylic acid groups (broad SMARTS) is 1. The molecule has 1 amide bonds. The first-order chi connectivity index (χ1) is 8.00. The quantitative estimate of drug-likeness (QED) is 0.839. The van der Waals surface area contributed by atoms with Gasteiger partial charge in [-0.1, -0.05) is 0 Å². The van der Waals surface area contributed by atoms with Gasteiger partial charge in [0.2, 0.25) is 0 Å². The van der Waals surface area contributed by atoms with E-state index < -0.39 is 24.0 Å². The number of carbonyl (C=O) groups is 2. The summed E-state index contributed by atoms with van der Waals surface area (Å²) in [5, 5.41) is 18.4. The Morgan fingerprint density at radius 1 is 1.53 bits per heavy atom. The Balaban J connectivity index is 2.25. The summed E-state index contributed by atoms with van der Waals surface area (Å²) in [6.45, 7) is 0.0212. The summed E-state index contributed by atoms with van der Waals surface area (Å²) in [7, 11) is 0. The standard InChI is InChI=1S/C10H10BrNO5/c11-8-6(1-2-17-8)9(14)12-4-5(13)3-7(12)10(15)16/h1-2,5,7,13H,3-4H2,(H,15,16)/t5-,7-/m1/s1. The van der Waals surface area contributed by atoms with E-state index >= 15 is 0 Å². The van der Waals surface area contributed by atoms with Gasteiger partial charge in [0.05, 0.1) is 17.9 Å². The van der Waals surface area contributed by atoms with Crippen LogP contribution in [0.15, 0.2) is 21.4 Å². The summed E-state index contributed by atoms with van der Waals surface area (Å²) in [4.78, 5) is 24.2. The summed E-state index contributed by atoms with van der Waals surface area (Å²) in [6, 6.07) is 0.468. The lowest BCUT2D eigenvalue weighted by molar-refractivity contribution is -0.141. The van der Waals surface area contributed by atoms with Crippen molar-refractivity contribution in [2.45, 2.75) is 18.6 Å². The van der Waals surface area contributed by atoms with Gasteiger partial charge in [0.25, 0.3) is 5.91 Å². The first kappa shape index (κ1) is 12.1. The Morgan fingerprint density at radius 3 is 2.76 bits per heavy atom. The Kier molecular flexibility index (Phi) is 3.21. The summed E-state index contributed by atoms with van der Waals surface area (Å²) >= 11 is 3.06. The van der Waals surface area contributed by atoms with Gasteiger partial charge >= 0.3 is 5.97 Å². The molecule has 2 N–H and O–H groups in total. The van der Waals surface area contributed by atoms with Gasteiger partial charge in [-0.05, 0) is 22.0 Å². The van der Waals surface area contributed by atoms with E-state index in [0.29, 0.717) is 0 Å². The molecule has 92 valence electrons. The van der Waals surface area contributed by atoms with Crippen LogP contribution in [0.2, 0.25) is 0 Å². The number of likely N-dealkylation sites (tertiary alicyclic amines) is 1. The van der Waals surface area contributed by atoms with E-state index in [0.717, 1.165) is 4.90 Å². The average Bonchev–Trinajstić information content (AvgIpc) is 2.83. The Hall–Kier alpha value is -1.34. The minimum atomic E-state index is -1.12. The molecular formula is C10H10BrNO5. The van der Waals surface area contributed by atoms with Crippen molar-refractivity contribution in [1.82, 2.24) is 4.90 Å². The van der Waals surface area contributed by atoms with Crippen LogP contribution in [-0.4, -0.2) is 45.7 Å². The number of nitrogens with zero attached hydrogens (tertiary/aromatic N) is 1. The third-order valence-electron chi connectivity index (χ3n) is 2.67. The molecule has 1 aromatic rings. The second-order valence-corrected chi connectivity index (χ2v) is 4.53. The number of hydrogen-bond acceptors (Lipinski definition) is 4. The zero-order valence-corrected chi connectivity index (χ0v) is 10.3. The van der Waals surface area contributed by atoms with Crippen molar-refractivity contribution in [3.05, 3.63) is 22.6 Å². The van der Waals surface area contributed by atoms with E-state index in [9.17, 15) is 14.7 Å². The van der Waals surface area contributed by atoms with Gasteiger partial charge in [0.15, 0.2) is 4.67 Å². The lowest BCUT2D eigenvalue weighted by atomic mass is 10.2. The van der Waals surface area contributed by atoms with Crippen LogP contribution >= 0.6 is 15.9 Å². The Bertz CT molecular complexity index is 457. The molecular weight excluding hydrogens is 294 g/mol. The molecule has 0 aromatic carbocycles. The summed E-state index contributed by atoms with van der Waals surface area (Å²) in [5.41, 5.74) is 0.255. The predicted molar refractivity (Wildman–Crippen MR) is 59.5 cm³/mol. The van der Waals surface area contributed by atoms with Gasteiger partial charge in [-0.2, -0.15) is 0 Å². The monoisotopic (exact) mass is 303 g/mol. The van der Waals surface area contributed by atoms with Crippen LogP contribution < -0.4 is 0 Å². The molecule has 7 heteroatoms. The van der Waals surface area contributed by atoms with E-state index in [1.165, 1.54) is 12.3 Å². The van der Waals surface area contributed by atoms with Crippen LogP contribution in [0.4, 0.5) is 0 Å². The van der Waals surface area contributed by atoms with Gasteiger partial charge in [0.1, 0.15) is 6.04 Å². The fraction of sp³-hybridized carbons (Fsp3) is 0.400. The summed E-state index contributed by atoms with van der Waals surface area (Å²) in [6.07, 6.45) is 0.585. The molecule has 1 aliphatic heterocycles. The molecule has 1 saturated heterocycles. The molecule has 0 unspecified atom stereocenters. The van der Waals surface area contributed by atoms with Crippen LogP contribution in [-0.2, 0) is 4.79 Å². The Morgan fingerprint density at radius 2 is 2.24 bits per heavy atom. The van der Waals surface area contributed by atoms with Crippen LogP contribution in [0.1, 0.15) is 16.8 Å². The molecule has 0 bridgehead atoms. The smallest absolute Gasteiger partial charge is 0.326 e. The van der Waals surface area contributed by atoms with Crippen molar-refractivity contribution >= 4 is 27.8 Å². The van der Waals surface area contributed by atoms with Gasteiger partial charge in [-0.15, -0.1) is 0 Å². The molecule has 2 rings (SSSR count). The summed E-state index contributed by atoms with van der Waals surface area (Å²) in [5.74, 6) is -1.58. The molecule has 1 fully saturated rings. The maximum atomic E-state index is 12.1.